The third-order valence-corrected chi connectivity index (χ3v) is 2.37. The van der Waals surface area contributed by atoms with Crippen molar-refractivity contribution in [2.24, 2.45) is 0 Å². The number of alkyl halides is 3. The van der Waals surface area contributed by atoms with Gasteiger partial charge in [0.2, 0.25) is 5.91 Å². The van der Waals surface area contributed by atoms with Gasteiger partial charge >= 0.3 is 0 Å². The molecular formula is C10H18BrF2NO3. The highest BCUT2D eigenvalue weighted by atomic mass is 79.9. The second-order valence-electron chi connectivity index (χ2n) is 3.41. The van der Waals surface area contributed by atoms with Gasteiger partial charge in [-0.15, -0.1) is 0 Å². The van der Waals surface area contributed by atoms with Crippen molar-refractivity contribution in [3.8, 4) is 0 Å². The minimum atomic E-state index is -2.49. The molecular weight excluding hydrogens is 300 g/mol. The number of amides is 1. The molecule has 1 amide bonds. The lowest BCUT2D eigenvalue weighted by Crippen LogP contribution is -2.38. The molecule has 0 bridgehead atoms. The number of carbonyl (C=O) groups is 1. The van der Waals surface area contributed by atoms with Crippen molar-refractivity contribution >= 4 is 21.8 Å². The van der Waals surface area contributed by atoms with E-state index in [-0.39, 0.29) is 25.0 Å². The topological polar surface area (TPSA) is 47.6 Å². The quantitative estimate of drug-likeness (QED) is 0.491. The van der Waals surface area contributed by atoms with Crippen molar-refractivity contribution in [3.63, 3.8) is 0 Å². The number of hydrogen-bond donors (Lipinski definition) is 1. The Hall–Kier alpha value is -0.270. The minimum Gasteiger partial charge on any atom is -0.383 e. The van der Waals surface area contributed by atoms with Crippen LogP contribution in [0.15, 0.2) is 0 Å². The van der Waals surface area contributed by atoms with Gasteiger partial charge in [-0.1, -0.05) is 15.9 Å². The zero-order valence-electron chi connectivity index (χ0n) is 9.76. The molecule has 0 aliphatic heterocycles. The van der Waals surface area contributed by atoms with Crippen molar-refractivity contribution in [1.82, 2.24) is 5.32 Å². The molecule has 0 radical (unpaired) electrons. The molecule has 0 rings (SSSR count). The zero-order chi connectivity index (χ0) is 13.1. The van der Waals surface area contributed by atoms with Crippen molar-refractivity contribution in [2.75, 3.05) is 32.3 Å². The fourth-order valence-electron chi connectivity index (χ4n) is 1.17. The molecule has 0 fully saturated rings. The standard InChI is InChI=1S/C10H18BrF2NO3/c1-16-6-8(2-4-11)14-10(15)3-5-17-7-9(12)13/h8-9H,2-7H2,1H3,(H,14,15). The van der Waals surface area contributed by atoms with Gasteiger partial charge in [0.05, 0.1) is 19.3 Å². The van der Waals surface area contributed by atoms with Crippen LogP contribution >= 0.6 is 15.9 Å². The van der Waals surface area contributed by atoms with Crippen LogP contribution in [0.3, 0.4) is 0 Å². The maximum atomic E-state index is 11.7. The summed E-state index contributed by atoms with van der Waals surface area (Å²) in [7, 11) is 1.55. The molecule has 1 atom stereocenters. The first-order chi connectivity index (χ1) is 8.10. The summed E-state index contributed by atoms with van der Waals surface area (Å²) < 4.78 is 33.0. The number of carbonyl (C=O) groups excluding carboxylic acids is 1. The first-order valence-corrected chi connectivity index (χ1v) is 6.42. The van der Waals surface area contributed by atoms with Crippen molar-refractivity contribution < 1.29 is 23.0 Å². The van der Waals surface area contributed by atoms with E-state index in [9.17, 15) is 13.6 Å². The lowest BCUT2D eigenvalue weighted by molar-refractivity contribution is -0.123. The summed E-state index contributed by atoms with van der Waals surface area (Å²) in [5, 5.41) is 3.50. The van der Waals surface area contributed by atoms with Crippen LogP contribution in [0.25, 0.3) is 0 Å². The average Bonchev–Trinajstić information content (AvgIpc) is 2.25. The normalized spacial score (nSPS) is 12.8. The van der Waals surface area contributed by atoms with Crippen molar-refractivity contribution in [1.29, 1.82) is 0 Å². The van der Waals surface area contributed by atoms with Gasteiger partial charge in [-0.2, -0.15) is 0 Å². The summed E-state index contributed by atoms with van der Waals surface area (Å²) in [6, 6.07) is -0.0676. The Labute approximate surface area is 108 Å². The van der Waals surface area contributed by atoms with E-state index in [2.05, 4.69) is 26.0 Å². The minimum absolute atomic E-state index is 0.00415. The van der Waals surface area contributed by atoms with Crippen LogP contribution in [0.1, 0.15) is 12.8 Å². The molecule has 0 aliphatic rings. The van der Waals surface area contributed by atoms with Gasteiger partial charge in [-0.25, -0.2) is 8.78 Å². The van der Waals surface area contributed by atoms with E-state index in [1.807, 2.05) is 0 Å². The SMILES string of the molecule is COCC(CCBr)NC(=O)CCOCC(F)F. The predicted molar refractivity (Wildman–Crippen MR) is 63.7 cm³/mol. The molecule has 0 aromatic rings. The highest BCUT2D eigenvalue weighted by Gasteiger charge is 2.11. The number of rotatable bonds is 10. The van der Waals surface area contributed by atoms with Crippen molar-refractivity contribution in [3.05, 3.63) is 0 Å². The van der Waals surface area contributed by atoms with Crippen LogP contribution in [0.4, 0.5) is 8.78 Å². The van der Waals surface area contributed by atoms with Gasteiger partial charge in [0.1, 0.15) is 6.61 Å². The molecule has 1 N–H and O–H groups in total. The van der Waals surface area contributed by atoms with Gasteiger partial charge in [0.25, 0.3) is 6.43 Å². The number of nitrogens with one attached hydrogen (secondary N) is 1. The Morgan fingerprint density at radius 3 is 2.65 bits per heavy atom. The molecule has 7 heteroatoms. The number of halogens is 3. The first kappa shape index (κ1) is 16.7. The Morgan fingerprint density at radius 2 is 2.12 bits per heavy atom. The lowest BCUT2D eigenvalue weighted by Gasteiger charge is -2.16. The Morgan fingerprint density at radius 1 is 1.41 bits per heavy atom. The molecule has 0 aliphatic carbocycles. The average molecular weight is 318 g/mol. The van der Waals surface area contributed by atoms with Crippen LogP contribution < -0.4 is 5.32 Å². The summed E-state index contributed by atoms with van der Waals surface area (Å²) in [5.41, 5.74) is 0. The Kier molecular flexibility index (Phi) is 10.7. The third-order valence-electron chi connectivity index (χ3n) is 1.91. The molecule has 0 saturated heterocycles. The predicted octanol–water partition coefficient (Wildman–Crippen LogP) is 1.57. The lowest BCUT2D eigenvalue weighted by atomic mass is 10.2. The largest absolute Gasteiger partial charge is 0.383 e. The summed E-state index contributed by atoms with van der Waals surface area (Å²) in [4.78, 5) is 11.4. The Balaban J connectivity index is 3.66. The van der Waals surface area contributed by atoms with Gasteiger partial charge in [-0.05, 0) is 6.42 Å². The number of ether oxygens (including phenoxy) is 2. The van der Waals surface area contributed by atoms with E-state index < -0.39 is 13.0 Å². The summed E-state index contributed by atoms with van der Waals surface area (Å²) in [5.74, 6) is -0.220. The van der Waals surface area contributed by atoms with Crippen LogP contribution in [0.5, 0.6) is 0 Å². The molecule has 0 saturated carbocycles. The number of hydrogen-bond acceptors (Lipinski definition) is 3. The molecule has 102 valence electrons. The fraction of sp³-hybridized carbons (Fsp3) is 0.900. The fourth-order valence-corrected chi connectivity index (χ4v) is 1.72. The van der Waals surface area contributed by atoms with E-state index in [1.54, 1.807) is 7.11 Å². The molecule has 0 heterocycles. The number of methoxy groups -OCH3 is 1. The zero-order valence-corrected chi connectivity index (χ0v) is 11.3. The molecule has 1 unspecified atom stereocenters. The molecule has 0 aromatic heterocycles. The summed E-state index contributed by atoms with van der Waals surface area (Å²) >= 11 is 3.27. The van der Waals surface area contributed by atoms with Gasteiger partial charge in [0.15, 0.2) is 0 Å². The maximum Gasteiger partial charge on any atom is 0.261 e. The second kappa shape index (κ2) is 10.9. The second-order valence-corrected chi connectivity index (χ2v) is 4.21. The smallest absolute Gasteiger partial charge is 0.261 e. The molecule has 17 heavy (non-hydrogen) atoms. The third kappa shape index (κ3) is 10.6. The van der Waals surface area contributed by atoms with E-state index in [4.69, 9.17) is 4.74 Å². The van der Waals surface area contributed by atoms with E-state index >= 15 is 0 Å². The van der Waals surface area contributed by atoms with Crippen molar-refractivity contribution in [2.45, 2.75) is 25.3 Å². The molecule has 0 spiro atoms. The molecule has 4 nitrogen and oxygen atoms in total. The van der Waals surface area contributed by atoms with E-state index in [1.165, 1.54) is 0 Å². The monoisotopic (exact) mass is 317 g/mol. The van der Waals surface area contributed by atoms with Gasteiger partial charge in [-0.3, -0.25) is 4.79 Å². The van der Waals surface area contributed by atoms with Gasteiger partial charge < -0.3 is 14.8 Å². The van der Waals surface area contributed by atoms with Crippen LogP contribution in [-0.4, -0.2) is 50.6 Å². The van der Waals surface area contributed by atoms with E-state index in [0.717, 1.165) is 11.8 Å². The van der Waals surface area contributed by atoms with Crippen LogP contribution in [0, 0.1) is 0 Å². The van der Waals surface area contributed by atoms with Crippen LogP contribution in [-0.2, 0) is 14.3 Å². The van der Waals surface area contributed by atoms with Gasteiger partial charge in [0, 0.05) is 18.9 Å². The molecule has 0 aromatic carbocycles. The first-order valence-electron chi connectivity index (χ1n) is 5.30. The summed E-state index contributed by atoms with van der Waals surface area (Å²) in [6.45, 7) is -0.199. The maximum absolute atomic E-state index is 11.7. The van der Waals surface area contributed by atoms with Crippen LogP contribution in [0.2, 0.25) is 0 Å². The van der Waals surface area contributed by atoms with E-state index in [0.29, 0.717) is 6.61 Å². The highest BCUT2D eigenvalue weighted by molar-refractivity contribution is 9.09. The summed E-state index contributed by atoms with van der Waals surface area (Å²) in [6.07, 6.45) is -1.67. The highest BCUT2D eigenvalue weighted by Crippen LogP contribution is 1.98. The Bertz CT molecular complexity index is 202.